The molecule has 0 bridgehead atoms. The molecule has 1 aliphatic heterocycles. The molecule has 1 aliphatic carbocycles. The number of anilines is 1. The Balaban J connectivity index is 1.82. The summed E-state index contributed by atoms with van der Waals surface area (Å²) in [6.07, 6.45) is 5.45. The van der Waals surface area contributed by atoms with E-state index in [4.69, 9.17) is 15.2 Å². The highest BCUT2D eigenvalue weighted by molar-refractivity contribution is 5.96. The average molecular weight is 391 g/mol. The molecule has 0 unspecified atom stereocenters. The van der Waals surface area contributed by atoms with E-state index in [1.54, 1.807) is 25.4 Å². The summed E-state index contributed by atoms with van der Waals surface area (Å²) in [5.41, 5.74) is 10.3. The number of carbonyl (C=O) groups is 1. The van der Waals surface area contributed by atoms with Crippen LogP contribution < -0.4 is 11.2 Å². The van der Waals surface area contributed by atoms with Crippen molar-refractivity contribution in [1.29, 1.82) is 0 Å². The van der Waals surface area contributed by atoms with Crippen LogP contribution in [-0.2, 0) is 22.7 Å². The molecular weight excluding hydrogens is 370 g/mol. The topological polar surface area (TPSA) is 96.4 Å². The lowest BCUT2D eigenvalue weighted by Gasteiger charge is -2.18. The standard InChI is InChI=1S/C22H21N3O4/c1-2-29-22(27)17-9-25(13-3-4-13)20-15(21(17)26)6-5-14-16-8-24-19(23)7-12(16)10-28-11-18(14)20/h5-9,13H,2-4,10-11H2,1H3,(H2,23,24). The Morgan fingerprint density at radius 3 is 2.90 bits per heavy atom. The van der Waals surface area contributed by atoms with E-state index >= 15 is 0 Å². The Bertz CT molecular complexity index is 1210. The van der Waals surface area contributed by atoms with E-state index in [0.717, 1.165) is 40.6 Å². The van der Waals surface area contributed by atoms with Gasteiger partial charge in [0.2, 0.25) is 5.43 Å². The van der Waals surface area contributed by atoms with Crippen molar-refractivity contribution in [2.75, 3.05) is 12.3 Å². The van der Waals surface area contributed by atoms with Crippen LogP contribution in [0.25, 0.3) is 22.0 Å². The van der Waals surface area contributed by atoms with Crippen molar-refractivity contribution in [3.05, 3.63) is 57.5 Å². The molecule has 1 saturated carbocycles. The van der Waals surface area contributed by atoms with Crippen molar-refractivity contribution in [2.24, 2.45) is 0 Å². The van der Waals surface area contributed by atoms with Crippen LogP contribution in [0.1, 0.15) is 47.3 Å². The molecule has 2 aromatic heterocycles. The first-order valence-corrected chi connectivity index (χ1v) is 9.78. The van der Waals surface area contributed by atoms with E-state index in [1.807, 2.05) is 12.1 Å². The maximum absolute atomic E-state index is 13.1. The Morgan fingerprint density at radius 1 is 1.31 bits per heavy atom. The predicted octanol–water partition coefficient (Wildman–Crippen LogP) is 3.19. The molecule has 0 atom stereocenters. The monoisotopic (exact) mass is 391 g/mol. The van der Waals surface area contributed by atoms with E-state index in [-0.39, 0.29) is 23.6 Å². The summed E-state index contributed by atoms with van der Waals surface area (Å²) in [5, 5.41) is 0.511. The molecular formula is C22H21N3O4. The smallest absolute Gasteiger partial charge is 0.343 e. The first-order chi connectivity index (χ1) is 14.1. The number of esters is 1. The first kappa shape index (κ1) is 17.9. The van der Waals surface area contributed by atoms with E-state index in [2.05, 4.69) is 9.55 Å². The van der Waals surface area contributed by atoms with Gasteiger partial charge in [-0.05, 0) is 43.0 Å². The van der Waals surface area contributed by atoms with Crippen LogP contribution in [0.4, 0.5) is 5.82 Å². The highest BCUT2D eigenvalue weighted by Crippen LogP contribution is 2.41. The van der Waals surface area contributed by atoms with Crippen LogP contribution in [0.3, 0.4) is 0 Å². The third kappa shape index (κ3) is 2.89. The number of nitrogens with two attached hydrogens (primary N) is 1. The highest BCUT2D eigenvalue weighted by Gasteiger charge is 2.30. The van der Waals surface area contributed by atoms with Crippen LogP contribution in [0.5, 0.6) is 0 Å². The fraction of sp³-hybridized carbons (Fsp3) is 0.318. The second-order valence-electron chi connectivity index (χ2n) is 7.48. The maximum atomic E-state index is 13.1. The Morgan fingerprint density at radius 2 is 2.14 bits per heavy atom. The number of rotatable bonds is 3. The fourth-order valence-corrected chi connectivity index (χ4v) is 4.06. The lowest BCUT2D eigenvalue weighted by molar-refractivity contribution is 0.0524. The summed E-state index contributed by atoms with van der Waals surface area (Å²) in [6, 6.07) is 5.80. The fourth-order valence-electron chi connectivity index (χ4n) is 4.06. The molecule has 7 nitrogen and oxygen atoms in total. The number of nitrogens with zero attached hydrogens (tertiary/aromatic N) is 2. The molecule has 2 aliphatic rings. The zero-order valence-corrected chi connectivity index (χ0v) is 16.1. The number of carbonyl (C=O) groups excluding carboxylic acids is 1. The van der Waals surface area contributed by atoms with Crippen molar-refractivity contribution in [1.82, 2.24) is 9.55 Å². The molecule has 1 aromatic carbocycles. The minimum Gasteiger partial charge on any atom is -0.462 e. The van der Waals surface area contributed by atoms with Crippen LogP contribution in [-0.4, -0.2) is 22.1 Å². The molecule has 0 spiro atoms. The minimum atomic E-state index is -0.579. The summed E-state index contributed by atoms with van der Waals surface area (Å²) in [7, 11) is 0. The van der Waals surface area contributed by atoms with Crippen molar-refractivity contribution in [3.8, 4) is 11.1 Å². The van der Waals surface area contributed by atoms with E-state index in [9.17, 15) is 9.59 Å². The van der Waals surface area contributed by atoms with Crippen molar-refractivity contribution in [3.63, 3.8) is 0 Å². The molecule has 0 saturated heterocycles. The summed E-state index contributed by atoms with van der Waals surface area (Å²) in [6.45, 7) is 2.75. The number of aromatic nitrogens is 2. The molecule has 0 radical (unpaired) electrons. The molecule has 5 rings (SSSR count). The van der Waals surface area contributed by atoms with Gasteiger partial charge in [0.15, 0.2) is 0 Å². The van der Waals surface area contributed by atoms with Gasteiger partial charge in [0.05, 0.1) is 25.3 Å². The SMILES string of the molecule is CCOC(=O)c1cn(C2CC2)c2c3c(ccc2c1=O)-c1cnc(N)cc1COC3. The third-order valence-corrected chi connectivity index (χ3v) is 5.54. The lowest BCUT2D eigenvalue weighted by Crippen LogP contribution is -2.21. The number of ether oxygens (including phenoxy) is 2. The zero-order chi connectivity index (χ0) is 20.1. The summed E-state index contributed by atoms with van der Waals surface area (Å²) in [4.78, 5) is 29.7. The Kier molecular flexibility index (Phi) is 4.13. The molecule has 1 fully saturated rings. The van der Waals surface area contributed by atoms with E-state index in [1.165, 1.54) is 0 Å². The quantitative estimate of drug-likeness (QED) is 0.689. The van der Waals surface area contributed by atoms with Crippen molar-refractivity contribution >= 4 is 22.7 Å². The molecule has 148 valence electrons. The highest BCUT2D eigenvalue weighted by atomic mass is 16.5. The molecule has 7 heteroatoms. The van der Waals surface area contributed by atoms with Gasteiger partial charge < -0.3 is 19.8 Å². The second kappa shape index (κ2) is 6.70. The van der Waals surface area contributed by atoms with Crippen molar-refractivity contribution < 1.29 is 14.3 Å². The summed E-state index contributed by atoms with van der Waals surface area (Å²) < 4.78 is 13.1. The number of benzene rings is 1. The minimum absolute atomic E-state index is 0.0792. The van der Waals surface area contributed by atoms with Crippen LogP contribution in [0, 0.1) is 0 Å². The molecule has 0 amide bonds. The van der Waals surface area contributed by atoms with Gasteiger partial charge in [-0.15, -0.1) is 0 Å². The van der Waals surface area contributed by atoms with Crippen LogP contribution >= 0.6 is 0 Å². The van der Waals surface area contributed by atoms with Gasteiger partial charge in [-0.25, -0.2) is 9.78 Å². The average Bonchev–Trinajstić information content (AvgIpc) is 3.54. The third-order valence-electron chi connectivity index (χ3n) is 5.54. The zero-order valence-electron chi connectivity index (χ0n) is 16.1. The van der Waals surface area contributed by atoms with Gasteiger partial charge in [-0.1, -0.05) is 6.07 Å². The summed E-state index contributed by atoms with van der Waals surface area (Å²) >= 11 is 0. The molecule has 3 aromatic rings. The van der Waals surface area contributed by atoms with Gasteiger partial charge in [-0.3, -0.25) is 4.79 Å². The normalized spacial score (nSPS) is 15.5. The van der Waals surface area contributed by atoms with Gasteiger partial charge in [0, 0.05) is 34.9 Å². The van der Waals surface area contributed by atoms with Crippen LogP contribution in [0.15, 0.2) is 35.4 Å². The van der Waals surface area contributed by atoms with E-state index in [0.29, 0.717) is 24.4 Å². The van der Waals surface area contributed by atoms with Crippen molar-refractivity contribution in [2.45, 2.75) is 39.0 Å². The number of nitrogen functional groups attached to an aromatic ring is 1. The van der Waals surface area contributed by atoms with Crippen LogP contribution in [0.2, 0.25) is 0 Å². The predicted molar refractivity (Wildman–Crippen MR) is 109 cm³/mol. The second-order valence-corrected chi connectivity index (χ2v) is 7.48. The molecule has 29 heavy (non-hydrogen) atoms. The van der Waals surface area contributed by atoms with Gasteiger partial charge in [0.1, 0.15) is 11.4 Å². The van der Waals surface area contributed by atoms with Gasteiger partial charge >= 0.3 is 5.97 Å². The maximum Gasteiger partial charge on any atom is 0.343 e. The number of hydrogen-bond acceptors (Lipinski definition) is 6. The largest absolute Gasteiger partial charge is 0.462 e. The number of hydrogen-bond donors (Lipinski definition) is 1. The summed E-state index contributed by atoms with van der Waals surface area (Å²) in [5.74, 6) is -0.129. The number of fused-ring (bicyclic) bond motifs is 5. The van der Waals surface area contributed by atoms with Gasteiger partial charge in [0.25, 0.3) is 0 Å². The lowest BCUT2D eigenvalue weighted by atomic mass is 9.95. The first-order valence-electron chi connectivity index (χ1n) is 9.78. The Labute approximate surface area is 167 Å². The molecule has 3 heterocycles. The number of pyridine rings is 2. The van der Waals surface area contributed by atoms with Gasteiger partial charge in [-0.2, -0.15) is 0 Å². The van der Waals surface area contributed by atoms with E-state index < -0.39 is 5.97 Å². The molecule has 2 N–H and O–H groups in total. The Hall–Kier alpha value is -3.19.